The second kappa shape index (κ2) is 5.68. The monoisotopic (exact) mass is 344 g/mol. The van der Waals surface area contributed by atoms with Crippen LogP contribution in [0.3, 0.4) is 0 Å². The van der Waals surface area contributed by atoms with Gasteiger partial charge in [-0.25, -0.2) is 13.2 Å². The van der Waals surface area contributed by atoms with Crippen LogP contribution < -0.4 is 4.72 Å². The maximum Gasteiger partial charge on any atom is 0.335 e. The molecule has 0 saturated heterocycles. The summed E-state index contributed by atoms with van der Waals surface area (Å²) in [5.41, 5.74) is 1.76. The van der Waals surface area contributed by atoms with E-state index in [0.29, 0.717) is 11.3 Å². The van der Waals surface area contributed by atoms with Gasteiger partial charge in [-0.3, -0.25) is 4.72 Å². The third kappa shape index (κ3) is 2.74. The Kier molecular flexibility index (Phi) is 3.81. The van der Waals surface area contributed by atoms with E-state index < -0.39 is 16.0 Å². The number of carbonyl (C=O) groups is 1. The lowest BCUT2D eigenvalue weighted by Crippen LogP contribution is -2.15. The highest BCUT2D eigenvalue weighted by Crippen LogP contribution is 2.27. The second-order valence-corrected chi connectivity index (χ2v) is 7.21. The van der Waals surface area contributed by atoms with Crippen LogP contribution in [0.1, 0.15) is 15.9 Å². The van der Waals surface area contributed by atoms with E-state index in [2.05, 4.69) is 4.72 Å². The molecule has 3 rings (SSSR count). The number of hydrogen-bond donors (Lipinski definition) is 2. The first kappa shape index (κ1) is 16.1. The largest absolute Gasteiger partial charge is 0.478 e. The Bertz CT molecular complexity index is 1050. The summed E-state index contributed by atoms with van der Waals surface area (Å²) in [6.45, 7) is 1.63. The topological polar surface area (TPSA) is 88.4 Å². The molecule has 0 atom stereocenters. The van der Waals surface area contributed by atoms with Crippen LogP contribution >= 0.6 is 0 Å². The SMILES string of the molecule is Cc1ccc(C(=O)O)cc1S(=O)(=O)Nc1cccc2c1ccn2C. The predicted octanol–water partition coefficient (Wildman–Crippen LogP) is 2.99. The summed E-state index contributed by atoms with van der Waals surface area (Å²) < 4.78 is 29.9. The van der Waals surface area contributed by atoms with Crippen molar-refractivity contribution in [1.82, 2.24) is 4.57 Å². The van der Waals surface area contributed by atoms with Gasteiger partial charge < -0.3 is 9.67 Å². The quantitative estimate of drug-likeness (QED) is 0.761. The maximum absolute atomic E-state index is 12.7. The Labute approximate surface area is 139 Å². The Balaban J connectivity index is 2.08. The molecule has 2 aromatic carbocycles. The molecule has 2 N–H and O–H groups in total. The highest BCUT2D eigenvalue weighted by molar-refractivity contribution is 7.92. The van der Waals surface area contributed by atoms with Gasteiger partial charge in [0.15, 0.2) is 0 Å². The number of carboxylic acids is 1. The number of anilines is 1. The average molecular weight is 344 g/mol. The molecular formula is C17H16N2O4S. The summed E-state index contributed by atoms with van der Waals surface area (Å²) in [4.78, 5) is 11.1. The normalized spacial score (nSPS) is 11.6. The lowest BCUT2D eigenvalue weighted by Gasteiger charge is -2.12. The summed E-state index contributed by atoms with van der Waals surface area (Å²) in [6, 6.07) is 11.2. The number of fused-ring (bicyclic) bond motifs is 1. The van der Waals surface area contributed by atoms with Crippen LogP contribution in [-0.2, 0) is 17.1 Å². The molecule has 0 aliphatic heterocycles. The minimum absolute atomic E-state index is 0.0460. The highest BCUT2D eigenvalue weighted by Gasteiger charge is 2.20. The third-order valence-corrected chi connectivity index (χ3v) is 5.40. The number of nitrogens with zero attached hydrogens (tertiary/aromatic N) is 1. The van der Waals surface area contributed by atoms with E-state index in [-0.39, 0.29) is 10.5 Å². The van der Waals surface area contributed by atoms with Crippen molar-refractivity contribution < 1.29 is 18.3 Å². The Morgan fingerprint density at radius 3 is 2.62 bits per heavy atom. The molecule has 7 heteroatoms. The lowest BCUT2D eigenvalue weighted by atomic mass is 10.1. The molecule has 0 aliphatic carbocycles. The molecule has 1 aromatic heterocycles. The number of nitrogens with one attached hydrogen (secondary N) is 1. The molecule has 6 nitrogen and oxygen atoms in total. The summed E-state index contributed by atoms with van der Waals surface area (Å²) in [5.74, 6) is -1.17. The molecule has 0 amide bonds. The smallest absolute Gasteiger partial charge is 0.335 e. The number of aromatic carboxylic acids is 1. The van der Waals surface area contributed by atoms with E-state index in [0.717, 1.165) is 10.9 Å². The van der Waals surface area contributed by atoms with Crippen molar-refractivity contribution in [3.05, 3.63) is 59.8 Å². The van der Waals surface area contributed by atoms with Crippen LogP contribution in [0.25, 0.3) is 10.9 Å². The van der Waals surface area contributed by atoms with Crippen LogP contribution in [0.15, 0.2) is 53.6 Å². The van der Waals surface area contributed by atoms with E-state index in [9.17, 15) is 13.2 Å². The van der Waals surface area contributed by atoms with E-state index in [1.165, 1.54) is 18.2 Å². The van der Waals surface area contributed by atoms with Gasteiger partial charge in [-0.2, -0.15) is 0 Å². The van der Waals surface area contributed by atoms with Crippen LogP contribution in [0.5, 0.6) is 0 Å². The van der Waals surface area contributed by atoms with Crippen molar-refractivity contribution >= 4 is 32.6 Å². The van der Waals surface area contributed by atoms with Crippen molar-refractivity contribution in [2.45, 2.75) is 11.8 Å². The Morgan fingerprint density at radius 2 is 1.92 bits per heavy atom. The molecule has 3 aromatic rings. The fourth-order valence-electron chi connectivity index (χ4n) is 2.61. The summed E-state index contributed by atoms with van der Waals surface area (Å²) in [5, 5.41) is 9.86. The number of carboxylic acid groups (broad SMARTS) is 1. The maximum atomic E-state index is 12.7. The molecule has 0 saturated carbocycles. The van der Waals surface area contributed by atoms with Crippen molar-refractivity contribution in [2.24, 2.45) is 7.05 Å². The average Bonchev–Trinajstić information content (AvgIpc) is 2.90. The number of aryl methyl sites for hydroxylation is 2. The minimum atomic E-state index is -3.90. The van der Waals surface area contributed by atoms with Gasteiger partial charge in [0.1, 0.15) is 0 Å². The summed E-state index contributed by atoms with van der Waals surface area (Å²) >= 11 is 0. The van der Waals surface area contributed by atoms with Crippen LogP contribution in [0.2, 0.25) is 0 Å². The van der Waals surface area contributed by atoms with Gasteiger partial charge in [0, 0.05) is 24.1 Å². The van der Waals surface area contributed by atoms with E-state index in [4.69, 9.17) is 5.11 Å². The van der Waals surface area contributed by atoms with Gasteiger partial charge in [0.25, 0.3) is 10.0 Å². The molecule has 124 valence electrons. The van der Waals surface area contributed by atoms with E-state index in [1.807, 2.05) is 29.9 Å². The van der Waals surface area contributed by atoms with Crippen LogP contribution in [-0.4, -0.2) is 24.1 Å². The zero-order chi connectivity index (χ0) is 17.5. The Hall–Kier alpha value is -2.80. The first-order chi connectivity index (χ1) is 11.3. The number of aromatic nitrogens is 1. The molecule has 0 radical (unpaired) electrons. The summed E-state index contributed by atoms with van der Waals surface area (Å²) in [6.07, 6.45) is 1.85. The molecule has 0 bridgehead atoms. The molecule has 0 aliphatic rings. The molecule has 0 fully saturated rings. The Morgan fingerprint density at radius 1 is 1.17 bits per heavy atom. The number of hydrogen-bond acceptors (Lipinski definition) is 3. The molecule has 0 spiro atoms. The number of rotatable bonds is 4. The first-order valence-electron chi connectivity index (χ1n) is 7.20. The van der Waals surface area contributed by atoms with Crippen molar-refractivity contribution in [3.63, 3.8) is 0 Å². The van der Waals surface area contributed by atoms with Gasteiger partial charge in [-0.1, -0.05) is 12.1 Å². The van der Waals surface area contributed by atoms with Crippen LogP contribution in [0.4, 0.5) is 5.69 Å². The standard InChI is InChI=1S/C17H16N2O4S/c1-11-6-7-12(17(20)21)10-16(11)24(22,23)18-14-4-3-5-15-13(14)8-9-19(15)2/h3-10,18H,1-2H3,(H,20,21). The van der Waals surface area contributed by atoms with E-state index >= 15 is 0 Å². The fourth-order valence-corrected chi connectivity index (χ4v) is 3.97. The number of benzene rings is 2. The van der Waals surface area contributed by atoms with Crippen LogP contribution in [0, 0.1) is 6.92 Å². The van der Waals surface area contributed by atoms with Crippen molar-refractivity contribution in [2.75, 3.05) is 4.72 Å². The van der Waals surface area contributed by atoms with Gasteiger partial charge >= 0.3 is 5.97 Å². The molecule has 1 heterocycles. The first-order valence-corrected chi connectivity index (χ1v) is 8.69. The zero-order valence-corrected chi connectivity index (χ0v) is 14.0. The van der Waals surface area contributed by atoms with Gasteiger partial charge in [-0.05, 0) is 42.8 Å². The summed E-state index contributed by atoms with van der Waals surface area (Å²) in [7, 11) is -2.03. The number of sulfonamides is 1. The second-order valence-electron chi connectivity index (χ2n) is 5.56. The highest BCUT2D eigenvalue weighted by atomic mass is 32.2. The molecular weight excluding hydrogens is 328 g/mol. The predicted molar refractivity (Wildman–Crippen MR) is 91.9 cm³/mol. The fraction of sp³-hybridized carbons (Fsp3) is 0.118. The zero-order valence-electron chi connectivity index (χ0n) is 13.1. The molecule has 0 unspecified atom stereocenters. The van der Waals surface area contributed by atoms with Gasteiger partial charge in [-0.15, -0.1) is 0 Å². The van der Waals surface area contributed by atoms with Gasteiger partial charge in [0.05, 0.1) is 16.1 Å². The lowest BCUT2D eigenvalue weighted by molar-refractivity contribution is 0.0696. The van der Waals surface area contributed by atoms with Gasteiger partial charge in [0.2, 0.25) is 0 Å². The van der Waals surface area contributed by atoms with E-state index in [1.54, 1.807) is 19.1 Å². The van der Waals surface area contributed by atoms with Crippen molar-refractivity contribution in [1.29, 1.82) is 0 Å². The third-order valence-electron chi connectivity index (χ3n) is 3.90. The minimum Gasteiger partial charge on any atom is -0.478 e. The molecule has 24 heavy (non-hydrogen) atoms. The van der Waals surface area contributed by atoms with Crippen molar-refractivity contribution in [3.8, 4) is 0 Å².